The van der Waals surface area contributed by atoms with Crippen molar-refractivity contribution in [3.05, 3.63) is 11.5 Å². The lowest BCUT2D eigenvalue weighted by atomic mass is 9.64. The first kappa shape index (κ1) is 7.79. The molecule has 1 heteroatoms. The minimum Gasteiger partial charge on any atom is -0.459 e. The molecule has 0 saturated heterocycles. The maximum atomic E-state index is 5.68. The minimum absolute atomic E-state index is 0.917. The van der Waals surface area contributed by atoms with Crippen LogP contribution >= 0.6 is 0 Å². The zero-order valence-corrected chi connectivity index (χ0v) is 9.56. The van der Waals surface area contributed by atoms with Gasteiger partial charge in [-0.1, -0.05) is 0 Å². The summed E-state index contributed by atoms with van der Waals surface area (Å²) in [5.41, 5.74) is 0. The summed E-state index contributed by atoms with van der Waals surface area (Å²) in [6, 6.07) is 0. The van der Waals surface area contributed by atoms with Gasteiger partial charge in [-0.3, -0.25) is 0 Å². The molecule has 4 bridgehead atoms. The van der Waals surface area contributed by atoms with Crippen molar-refractivity contribution in [3.8, 4) is 0 Å². The summed E-state index contributed by atoms with van der Waals surface area (Å²) in [5, 5.41) is 0. The number of allylic oxidation sites excluding steroid dienone is 2. The van der Waals surface area contributed by atoms with Gasteiger partial charge in [-0.15, -0.1) is 0 Å². The topological polar surface area (TPSA) is 12.5 Å². The predicted molar refractivity (Wildman–Crippen MR) is 59.1 cm³/mol. The smallest absolute Gasteiger partial charge is 0.146 e. The molecule has 1 nitrogen and oxygen atoms in total. The second-order valence-corrected chi connectivity index (χ2v) is 7.33. The van der Waals surface area contributed by atoms with E-state index in [1.807, 2.05) is 0 Å². The molecule has 4 fully saturated rings. The average Bonchev–Trinajstić information content (AvgIpc) is 2.84. The lowest BCUT2D eigenvalue weighted by molar-refractivity contribution is 0.0569. The van der Waals surface area contributed by atoms with Crippen LogP contribution in [0.15, 0.2) is 11.5 Å². The average molecular weight is 214 g/mol. The Bertz CT molecular complexity index is 437. The predicted octanol–water partition coefficient (Wildman–Crippen LogP) is 3.18. The van der Waals surface area contributed by atoms with Gasteiger partial charge in [0.1, 0.15) is 11.5 Å². The van der Waals surface area contributed by atoms with Gasteiger partial charge in [0, 0.05) is 12.3 Å². The van der Waals surface area contributed by atoms with Crippen LogP contribution in [0.5, 0.6) is 0 Å². The van der Waals surface area contributed by atoms with Gasteiger partial charge in [-0.25, -0.2) is 0 Å². The molecule has 1 aliphatic heterocycles. The Balaban J connectivity index is 1.49. The SMILES string of the molecule is C1CC2CC1C1C3CC(C4C5=C(CC34)O5)C21. The third kappa shape index (κ3) is 0.621. The highest BCUT2D eigenvalue weighted by atomic mass is 16.6. The molecule has 0 radical (unpaired) electrons. The van der Waals surface area contributed by atoms with E-state index >= 15 is 0 Å². The van der Waals surface area contributed by atoms with Crippen molar-refractivity contribution < 1.29 is 4.74 Å². The Hall–Kier alpha value is -0.460. The van der Waals surface area contributed by atoms with Crippen molar-refractivity contribution in [3.63, 3.8) is 0 Å². The second-order valence-electron chi connectivity index (χ2n) is 7.33. The molecule has 0 aromatic carbocycles. The highest BCUT2D eigenvalue weighted by Crippen LogP contribution is 2.75. The van der Waals surface area contributed by atoms with Gasteiger partial charge in [0.15, 0.2) is 0 Å². The molecule has 84 valence electrons. The second kappa shape index (κ2) is 2.11. The van der Waals surface area contributed by atoms with E-state index < -0.39 is 0 Å². The highest BCUT2D eigenvalue weighted by Gasteiger charge is 2.69. The lowest BCUT2D eigenvalue weighted by Crippen LogP contribution is -2.37. The van der Waals surface area contributed by atoms with Gasteiger partial charge >= 0.3 is 0 Å². The molecule has 0 amide bonds. The molecular weight excluding hydrogens is 196 g/mol. The largest absolute Gasteiger partial charge is 0.459 e. The van der Waals surface area contributed by atoms with E-state index in [0.717, 1.165) is 41.4 Å². The maximum Gasteiger partial charge on any atom is 0.146 e. The van der Waals surface area contributed by atoms with Crippen molar-refractivity contribution in [1.29, 1.82) is 0 Å². The fourth-order valence-electron chi connectivity index (χ4n) is 7.09. The van der Waals surface area contributed by atoms with E-state index in [4.69, 9.17) is 4.74 Å². The van der Waals surface area contributed by atoms with Gasteiger partial charge in [0.2, 0.25) is 0 Å². The molecule has 4 saturated carbocycles. The summed E-state index contributed by atoms with van der Waals surface area (Å²) < 4.78 is 5.68. The number of rotatable bonds is 0. The van der Waals surface area contributed by atoms with Crippen LogP contribution in [0.3, 0.4) is 0 Å². The van der Waals surface area contributed by atoms with Crippen LogP contribution in [0.25, 0.3) is 0 Å². The Labute approximate surface area is 96.2 Å². The van der Waals surface area contributed by atoms with Gasteiger partial charge in [0.05, 0.1) is 0 Å². The molecule has 6 aliphatic rings. The van der Waals surface area contributed by atoms with E-state index in [1.165, 1.54) is 23.9 Å². The summed E-state index contributed by atoms with van der Waals surface area (Å²) in [5.74, 6) is 11.6. The molecular formula is C15H18O. The van der Waals surface area contributed by atoms with Crippen molar-refractivity contribution in [2.45, 2.75) is 32.1 Å². The summed E-state index contributed by atoms with van der Waals surface area (Å²) in [6.07, 6.45) is 7.67. The number of fused-ring (bicyclic) bond motifs is 13. The van der Waals surface area contributed by atoms with Crippen LogP contribution in [-0.2, 0) is 4.74 Å². The number of hydrogen-bond acceptors (Lipinski definition) is 1. The lowest BCUT2D eigenvalue weighted by Gasteiger charge is -2.41. The van der Waals surface area contributed by atoms with Crippen LogP contribution < -0.4 is 0 Å². The molecule has 0 aromatic heterocycles. The molecule has 16 heavy (non-hydrogen) atoms. The fourth-order valence-corrected chi connectivity index (χ4v) is 7.09. The van der Waals surface area contributed by atoms with Crippen molar-refractivity contribution in [2.75, 3.05) is 0 Å². The molecule has 0 N–H and O–H groups in total. The summed E-state index contributed by atoms with van der Waals surface area (Å²) in [4.78, 5) is 0. The van der Waals surface area contributed by atoms with E-state index in [9.17, 15) is 0 Å². The summed E-state index contributed by atoms with van der Waals surface area (Å²) in [6.45, 7) is 0. The zero-order valence-electron chi connectivity index (χ0n) is 9.56. The van der Waals surface area contributed by atoms with Crippen LogP contribution in [0.2, 0.25) is 0 Å². The minimum atomic E-state index is 0.917. The maximum absolute atomic E-state index is 5.68. The van der Waals surface area contributed by atoms with Gasteiger partial charge in [-0.05, 0) is 67.1 Å². The van der Waals surface area contributed by atoms with Crippen LogP contribution in [0.1, 0.15) is 32.1 Å². The standard InChI is InChI=1S/C15H18O/c1-2-7-3-6(1)12-8-4-10(13(7)12)14-9(8)5-11-15(14)16-11/h6-10,12-14H,1-5H2. The Morgan fingerprint density at radius 3 is 2.56 bits per heavy atom. The number of hydrogen-bond donors (Lipinski definition) is 0. The van der Waals surface area contributed by atoms with E-state index in [0.29, 0.717) is 0 Å². The fraction of sp³-hybridized carbons (Fsp3) is 0.867. The van der Waals surface area contributed by atoms with E-state index in [-0.39, 0.29) is 0 Å². The third-order valence-corrected chi connectivity index (χ3v) is 7.24. The zero-order chi connectivity index (χ0) is 10.0. The first-order chi connectivity index (χ1) is 7.92. The van der Waals surface area contributed by atoms with E-state index in [2.05, 4.69) is 0 Å². The molecule has 6 rings (SSSR count). The highest BCUT2D eigenvalue weighted by molar-refractivity contribution is 5.34. The van der Waals surface area contributed by atoms with Gasteiger partial charge < -0.3 is 4.74 Å². The molecule has 0 aromatic rings. The summed E-state index contributed by atoms with van der Waals surface area (Å²) >= 11 is 0. The summed E-state index contributed by atoms with van der Waals surface area (Å²) in [7, 11) is 0. The molecule has 5 aliphatic carbocycles. The molecule has 1 heterocycles. The van der Waals surface area contributed by atoms with Crippen molar-refractivity contribution in [2.24, 2.45) is 47.3 Å². The first-order valence-electron chi connectivity index (χ1n) is 7.32. The quantitative estimate of drug-likeness (QED) is 0.564. The molecule has 8 unspecified atom stereocenters. The van der Waals surface area contributed by atoms with Gasteiger partial charge in [0.25, 0.3) is 0 Å². The molecule has 0 spiro atoms. The number of ether oxygens (including phenoxy) is 1. The monoisotopic (exact) mass is 214 g/mol. The van der Waals surface area contributed by atoms with Crippen molar-refractivity contribution in [1.82, 2.24) is 0 Å². The van der Waals surface area contributed by atoms with Gasteiger partial charge in [-0.2, -0.15) is 0 Å². The van der Waals surface area contributed by atoms with E-state index in [1.54, 1.807) is 25.7 Å². The normalized spacial score (nSPS) is 67.0. The van der Waals surface area contributed by atoms with Crippen LogP contribution in [0.4, 0.5) is 0 Å². The third-order valence-electron chi connectivity index (χ3n) is 7.24. The van der Waals surface area contributed by atoms with Crippen LogP contribution in [0, 0.1) is 47.3 Å². The first-order valence-corrected chi connectivity index (χ1v) is 7.32. The van der Waals surface area contributed by atoms with Crippen molar-refractivity contribution >= 4 is 0 Å². The molecule has 8 atom stereocenters. The Morgan fingerprint density at radius 2 is 1.69 bits per heavy atom. The van der Waals surface area contributed by atoms with Crippen LogP contribution in [-0.4, -0.2) is 0 Å². The Morgan fingerprint density at radius 1 is 0.875 bits per heavy atom. The Kier molecular flexibility index (Phi) is 1.03.